The van der Waals surface area contributed by atoms with Crippen LogP contribution in [0, 0.1) is 17.9 Å². The topological polar surface area (TPSA) is 73.3 Å². The van der Waals surface area contributed by atoms with E-state index in [0.717, 1.165) is 39.4 Å². The molecular weight excluding hydrogens is 457 g/mol. The quantitative estimate of drug-likeness (QED) is 0.274. The summed E-state index contributed by atoms with van der Waals surface area (Å²) in [5.41, 5.74) is 8.50. The van der Waals surface area contributed by atoms with Crippen LogP contribution in [0.25, 0.3) is 4.85 Å². The molecular formula is C29H16BN7. The zero-order valence-corrected chi connectivity index (χ0v) is 19.4. The molecule has 0 spiro atoms. The second-order valence-electron chi connectivity index (χ2n) is 8.75. The van der Waals surface area contributed by atoms with Gasteiger partial charge < -0.3 is 9.74 Å². The van der Waals surface area contributed by atoms with E-state index in [-0.39, 0.29) is 24.4 Å². The first-order valence-corrected chi connectivity index (χ1v) is 11.8. The van der Waals surface area contributed by atoms with Crippen molar-refractivity contribution in [3.63, 3.8) is 0 Å². The minimum Gasteiger partial charge on any atom is -0.394 e. The average Bonchev–Trinajstić information content (AvgIpc) is 2.97. The van der Waals surface area contributed by atoms with Gasteiger partial charge in [-0.2, -0.15) is 10.2 Å². The Labute approximate surface area is 213 Å². The van der Waals surface area contributed by atoms with Gasteiger partial charge in [-0.15, -0.1) is 16.5 Å². The summed E-state index contributed by atoms with van der Waals surface area (Å²) in [5.74, 6) is 0.0563. The van der Waals surface area contributed by atoms with Crippen LogP contribution in [0.5, 0.6) is 0 Å². The molecule has 0 aliphatic carbocycles. The van der Waals surface area contributed by atoms with Gasteiger partial charge >= 0.3 is 5.95 Å². The van der Waals surface area contributed by atoms with Gasteiger partial charge in [0.05, 0.1) is 0 Å². The van der Waals surface area contributed by atoms with Crippen LogP contribution >= 0.6 is 0 Å². The average molecular weight is 473 g/mol. The molecule has 0 unspecified atom stereocenters. The van der Waals surface area contributed by atoms with Gasteiger partial charge in [-0.05, 0) is 52.8 Å². The molecule has 0 fully saturated rings. The smallest absolute Gasteiger partial charge is 0.377 e. The van der Waals surface area contributed by atoms with E-state index in [1.807, 2.05) is 59.5 Å². The molecule has 7 rings (SSSR count). The van der Waals surface area contributed by atoms with Crippen LogP contribution in [-0.2, 0) is 0 Å². The van der Waals surface area contributed by atoms with Crippen LogP contribution in [0.2, 0.25) is 0 Å². The second-order valence-corrected chi connectivity index (χ2v) is 8.75. The number of aromatic nitrogens is 3. The number of fused-ring (bicyclic) bond motifs is 4. The first-order valence-electron chi connectivity index (χ1n) is 11.8. The van der Waals surface area contributed by atoms with Crippen LogP contribution in [0.1, 0.15) is 5.82 Å². The molecule has 37 heavy (non-hydrogen) atoms. The molecule has 0 N–H and O–H groups in total. The summed E-state index contributed by atoms with van der Waals surface area (Å²) in [6, 6.07) is 35.2. The van der Waals surface area contributed by atoms with Gasteiger partial charge in [0.2, 0.25) is 0 Å². The van der Waals surface area contributed by atoms with Crippen LogP contribution in [-0.4, -0.2) is 21.7 Å². The van der Waals surface area contributed by atoms with Crippen molar-refractivity contribution in [2.75, 3.05) is 9.80 Å². The molecule has 0 bridgehead atoms. The normalized spacial score (nSPS) is 12.6. The molecule has 7 nitrogen and oxygen atoms in total. The number of nitriles is 1. The van der Waals surface area contributed by atoms with Gasteiger partial charge in [0.15, 0.2) is 6.07 Å². The van der Waals surface area contributed by atoms with E-state index in [2.05, 4.69) is 73.2 Å². The Morgan fingerprint density at radius 1 is 0.676 bits per heavy atom. The zero-order valence-electron chi connectivity index (χ0n) is 19.4. The Morgan fingerprint density at radius 2 is 1.27 bits per heavy atom. The minimum atomic E-state index is -0.109. The zero-order chi connectivity index (χ0) is 24.9. The molecule has 2 aliphatic heterocycles. The van der Waals surface area contributed by atoms with Crippen molar-refractivity contribution >= 4 is 63.4 Å². The van der Waals surface area contributed by atoms with Crippen molar-refractivity contribution in [1.29, 1.82) is 5.26 Å². The highest BCUT2D eigenvalue weighted by atomic mass is 15.3. The number of rotatable bonds is 2. The molecule has 2 aliphatic rings. The molecule has 3 heterocycles. The fraction of sp³-hybridized carbons (Fsp3) is 0. The molecule has 170 valence electrons. The Bertz CT molecular complexity index is 1760. The lowest BCUT2D eigenvalue weighted by molar-refractivity contribution is 1.00. The number of hydrogen-bond acceptors (Lipinski definition) is 6. The molecule has 4 aromatic carbocycles. The molecule has 0 radical (unpaired) electrons. The van der Waals surface area contributed by atoms with Crippen LogP contribution < -0.4 is 26.2 Å². The SMILES string of the molecule is [C-]#[N+]c1nc(C#N)nc(N2c3ccccc3B3c4ccccc4N(c4ccccc4)c4cccc2c43)n1. The van der Waals surface area contributed by atoms with Crippen LogP contribution in [0.15, 0.2) is 97.1 Å². The maximum atomic E-state index is 9.54. The summed E-state index contributed by atoms with van der Waals surface area (Å²) in [5, 5.41) is 9.54. The van der Waals surface area contributed by atoms with Gasteiger partial charge in [-0.1, -0.05) is 60.7 Å². The maximum Gasteiger partial charge on any atom is 0.377 e. The Morgan fingerprint density at radius 3 is 1.95 bits per heavy atom. The molecule has 0 saturated heterocycles. The maximum absolute atomic E-state index is 9.54. The third kappa shape index (κ3) is 3.03. The fourth-order valence-corrected chi connectivity index (χ4v) is 5.46. The Balaban J connectivity index is 1.57. The van der Waals surface area contributed by atoms with Crippen molar-refractivity contribution in [1.82, 2.24) is 15.0 Å². The lowest BCUT2D eigenvalue weighted by Crippen LogP contribution is -2.61. The molecule has 0 saturated carbocycles. The number of benzene rings is 4. The predicted octanol–water partition coefficient (Wildman–Crippen LogP) is 4.38. The fourth-order valence-electron chi connectivity index (χ4n) is 5.46. The van der Waals surface area contributed by atoms with Crippen LogP contribution in [0.3, 0.4) is 0 Å². The minimum absolute atomic E-state index is 0.00702. The number of nitrogens with zero attached hydrogens (tertiary/aromatic N) is 7. The highest BCUT2D eigenvalue weighted by Crippen LogP contribution is 2.42. The third-order valence-corrected chi connectivity index (χ3v) is 6.83. The number of hydrogen-bond donors (Lipinski definition) is 0. The lowest BCUT2D eigenvalue weighted by atomic mass is 9.33. The lowest BCUT2D eigenvalue weighted by Gasteiger charge is -2.42. The van der Waals surface area contributed by atoms with E-state index in [1.165, 1.54) is 5.46 Å². The summed E-state index contributed by atoms with van der Waals surface area (Å²) >= 11 is 0. The van der Waals surface area contributed by atoms with E-state index in [9.17, 15) is 5.26 Å². The highest BCUT2D eigenvalue weighted by Gasteiger charge is 2.43. The van der Waals surface area contributed by atoms with Gasteiger partial charge in [0.1, 0.15) is 0 Å². The molecule has 0 amide bonds. The summed E-state index contributed by atoms with van der Waals surface area (Å²) in [6.45, 7) is 7.45. The van der Waals surface area contributed by atoms with Crippen molar-refractivity contribution in [3.05, 3.63) is 114 Å². The summed E-state index contributed by atoms with van der Waals surface area (Å²) in [4.78, 5) is 20.4. The summed E-state index contributed by atoms with van der Waals surface area (Å²) < 4.78 is 0. The van der Waals surface area contributed by atoms with Gasteiger partial charge in [0, 0.05) is 28.4 Å². The molecule has 0 atom stereocenters. The van der Waals surface area contributed by atoms with Gasteiger partial charge in [-0.25, -0.2) is 0 Å². The van der Waals surface area contributed by atoms with E-state index in [4.69, 9.17) is 6.57 Å². The Kier molecular flexibility index (Phi) is 4.54. The number of anilines is 6. The van der Waals surface area contributed by atoms with Gasteiger partial charge in [0.25, 0.3) is 18.5 Å². The first kappa shape index (κ1) is 20.9. The van der Waals surface area contributed by atoms with Crippen molar-refractivity contribution in [3.8, 4) is 6.07 Å². The van der Waals surface area contributed by atoms with Gasteiger partial charge in [-0.3, -0.25) is 4.90 Å². The second kappa shape index (κ2) is 8.05. The monoisotopic (exact) mass is 473 g/mol. The van der Waals surface area contributed by atoms with Crippen molar-refractivity contribution < 1.29 is 0 Å². The first-order chi connectivity index (χ1) is 18.3. The van der Waals surface area contributed by atoms with E-state index in [0.29, 0.717) is 0 Å². The molecule has 8 heteroatoms. The summed E-state index contributed by atoms with van der Waals surface area (Å²) in [6.07, 6.45) is 0. The third-order valence-electron chi connectivity index (χ3n) is 6.83. The van der Waals surface area contributed by atoms with E-state index >= 15 is 0 Å². The van der Waals surface area contributed by atoms with Crippen LogP contribution in [0.4, 0.5) is 40.3 Å². The standard InChI is InChI=1S/C29H16BN7/c1-32-28-33-26(18-31)34-29(35-28)37-23-15-8-6-13-21(23)30-20-12-5-7-14-22(20)36(19-10-3-2-4-11-19)24-16-9-17-25(37)27(24)30/h2-17H. The van der Waals surface area contributed by atoms with Crippen molar-refractivity contribution in [2.24, 2.45) is 0 Å². The molecule has 1 aromatic heterocycles. The largest absolute Gasteiger partial charge is 0.394 e. The summed E-state index contributed by atoms with van der Waals surface area (Å²) in [7, 11) is 0. The van der Waals surface area contributed by atoms with E-state index in [1.54, 1.807) is 0 Å². The number of para-hydroxylation sites is 3. The highest BCUT2D eigenvalue weighted by molar-refractivity contribution is 7.00. The predicted molar refractivity (Wildman–Crippen MR) is 145 cm³/mol. The molecule has 5 aromatic rings. The van der Waals surface area contributed by atoms with E-state index < -0.39 is 0 Å². The Hall–Kier alpha value is -5.47. The van der Waals surface area contributed by atoms with Crippen molar-refractivity contribution in [2.45, 2.75) is 0 Å².